The largest absolute Gasteiger partial charge is 0.437 e. The van der Waals surface area contributed by atoms with Gasteiger partial charge in [-0.25, -0.2) is 4.98 Å². The first-order chi connectivity index (χ1) is 8.15. The van der Waals surface area contributed by atoms with Gasteiger partial charge in [-0.2, -0.15) is 0 Å². The normalized spacial score (nSPS) is 9.94. The molecule has 0 unspecified atom stereocenters. The Kier molecular flexibility index (Phi) is 3.65. The molecule has 0 amide bonds. The van der Waals surface area contributed by atoms with Gasteiger partial charge in [0.15, 0.2) is 0 Å². The standard InChI is InChI=1S/C11H8BrN3OS/c12-7-4-8(6-14-5-7)16-10-3-1-2-9(15-10)11(13)17/h1-6H,(H2,13,17). The van der Waals surface area contributed by atoms with E-state index in [9.17, 15) is 0 Å². The Balaban J connectivity index is 2.24. The Hall–Kier alpha value is -1.53. The maximum atomic E-state index is 5.53. The van der Waals surface area contributed by atoms with Crippen molar-refractivity contribution in [3.8, 4) is 11.6 Å². The van der Waals surface area contributed by atoms with E-state index < -0.39 is 0 Å². The maximum absolute atomic E-state index is 5.53. The minimum atomic E-state index is 0.239. The molecule has 0 atom stereocenters. The van der Waals surface area contributed by atoms with Crippen molar-refractivity contribution in [2.24, 2.45) is 5.73 Å². The molecule has 0 aliphatic rings. The van der Waals surface area contributed by atoms with Gasteiger partial charge in [0.2, 0.25) is 5.88 Å². The summed E-state index contributed by atoms with van der Waals surface area (Å²) in [5.74, 6) is 1.02. The lowest BCUT2D eigenvalue weighted by Crippen LogP contribution is -2.11. The number of rotatable bonds is 3. The molecule has 86 valence electrons. The van der Waals surface area contributed by atoms with Crippen molar-refractivity contribution in [1.29, 1.82) is 0 Å². The molecule has 0 saturated carbocycles. The van der Waals surface area contributed by atoms with Gasteiger partial charge in [0.05, 0.1) is 6.20 Å². The minimum absolute atomic E-state index is 0.239. The van der Waals surface area contributed by atoms with Gasteiger partial charge in [0.1, 0.15) is 16.4 Å². The summed E-state index contributed by atoms with van der Waals surface area (Å²) in [5.41, 5.74) is 6.02. The first-order valence-electron chi connectivity index (χ1n) is 4.70. The molecule has 2 N–H and O–H groups in total. The Labute approximate surface area is 112 Å². The zero-order valence-corrected chi connectivity index (χ0v) is 11.0. The monoisotopic (exact) mass is 309 g/mol. The summed E-state index contributed by atoms with van der Waals surface area (Å²) < 4.78 is 6.37. The van der Waals surface area contributed by atoms with Crippen molar-refractivity contribution >= 4 is 33.1 Å². The van der Waals surface area contributed by atoms with E-state index in [1.807, 2.05) is 0 Å². The van der Waals surface area contributed by atoms with Gasteiger partial charge in [0, 0.05) is 16.7 Å². The minimum Gasteiger partial charge on any atom is -0.437 e. The predicted octanol–water partition coefficient (Wildman–Crippen LogP) is 2.67. The van der Waals surface area contributed by atoms with E-state index >= 15 is 0 Å². The topological polar surface area (TPSA) is 61.0 Å². The number of halogens is 1. The quantitative estimate of drug-likeness (QED) is 0.883. The summed E-state index contributed by atoms with van der Waals surface area (Å²) in [7, 11) is 0. The summed E-state index contributed by atoms with van der Waals surface area (Å²) in [6.07, 6.45) is 3.27. The smallest absolute Gasteiger partial charge is 0.219 e. The van der Waals surface area contributed by atoms with Crippen molar-refractivity contribution < 1.29 is 4.74 Å². The van der Waals surface area contributed by atoms with Crippen molar-refractivity contribution in [3.63, 3.8) is 0 Å². The molecule has 17 heavy (non-hydrogen) atoms. The van der Waals surface area contributed by atoms with Crippen molar-refractivity contribution in [2.45, 2.75) is 0 Å². The summed E-state index contributed by atoms with van der Waals surface area (Å²) in [5, 5.41) is 0. The first kappa shape index (κ1) is 11.9. The predicted molar refractivity (Wildman–Crippen MR) is 72.1 cm³/mol. The second kappa shape index (κ2) is 5.20. The second-order valence-corrected chi connectivity index (χ2v) is 4.52. The van der Waals surface area contributed by atoms with E-state index in [1.165, 1.54) is 0 Å². The Morgan fingerprint density at radius 2 is 2.18 bits per heavy atom. The van der Waals surface area contributed by atoms with E-state index in [2.05, 4.69) is 25.9 Å². The summed E-state index contributed by atoms with van der Waals surface area (Å²) in [4.78, 5) is 8.39. The zero-order chi connectivity index (χ0) is 12.3. The molecule has 6 heteroatoms. The number of ether oxygens (including phenoxy) is 1. The molecule has 0 spiro atoms. The number of hydrogen-bond donors (Lipinski definition) is 1. The fraction of sp³-hybridized carbons (Fsp3) is 0. The van der Waals surface area contributed by atoms with Gasteiger partial charge < -0.3 is 10.5 Å². The van der Waals surface area contributed by atoms with Gasteiger partial charge >= 0.3 is 0 Å². The second-order valence-electron chi connectivity index (χ2n) is 3.17. The number of aromatic nitrogens is 2. The average Bonchev–Trinajstić information content (AvgIpc) is 2.29. The fourth-order valence-corrected chi connectivity index (χ4v) is 1.64. The molecule has 0 aliphatic heterocycles. The molecular weight excluding hydrogens is 302 g/mol. The molecule has 2 aromatic heterocycles. The van der Waals surface area contributed by atoms with Crippen LogP contribution in [0.25, 0.3) is 0 Å². The van der Waals surface area contributed by atoms with E-state index in [0.29, 0.717) is 17.3 Å². The maximum Gasteiger partial charge on any atom is 0.219 e. The van der Waals surface area contributed by atoms with E-state index in [1.54, 1.807) is 36.7 Å². The Morgan fingerprint density at radius 1 is 1.35 bits per heavy atom. The molecule has 0 saturated heterocycles. The molecule has 0 aromatic carbocycles. The Morgan fingerprint density at radius 3 is 2.88 bits per heavy atom. The molecule has 2 heterocycles. The molecule has 2 aromatic rings. The van der Waals surface area contributed by atoms with Gasteiger partial charge in [0.25, 0.3) is 0 Å². The SMILES string of the molecule is NC(=S)c1cccc(Oc2cncc(Br)c2)n1. The average molecular weight is 310 g/mol. The van der Waals surface area contributed by atoms with Gasteiger partial charge in [-0.15, -0.1) is 0 Å². The molecule has 0 bridgehead atoms. The third-order valence-electron chi connectivity index (χ3n) is 1.88. The van der Waals surface area contributed by atoms with E-state index in [4.69, 9.17) is 22.7 Å². The van der Waals surface area contributed by atoms with Crippen LogP contribution in [-0.4, -0.2) is 15.0 Å². The van der Waals surface area contributed by atoms with Crippen molar-refractivity contribution in [3.05, 3.63) is 46.8 Å². The third-order valence-corrected chi connectivity index (χ3v) is 2.52. The zero-order valence-electron chi connectivity index (χ0n) is 8.63. The fourth-order valence-electron chi connectivity index (χ4n) is 1.18. The van der Waals surface area contributed by atoms with Crippen LogP contribution in [0.5, 0.6) is 11.6 Å². The molecule has 4 nitrogen and oxygen atoms in total. The summed E-state index contributed by atoms with van der Waals surface area (Å²) in [6.45, 7) is 0. The van der Waals surface area contributed by atoms with Gasteiger partial charge in [-0.3, -0.25) is 4.98 Å². The van der Waals surface area contributed by atoms with Gasteiger partial charge in [-0.1, -0.05) is 18.3 Å². The molecule has 2 rings (SSSR count). The summed E-state index contributed by atoms with van der Waals surface area (Å²) >= 11 is 8.16. The molecule has 0 aliphatic carbocycles. The highest BCUT2D eigenvalue weighted by Crippen LogP contribution is 2.21. The highest BCUT2D eigenvalue weighted by atomic mass is 79.9. The molecule has 0 fully saturated rings. The Bertz CT molecular complexity index is 562. The molecular formula is C11H8BrN3OS. The van der Waals surface area contributed by atoms with E-state index in [0.717, 1.165) is 4.47 Å². The van der Waals surface area contributed by atoms with Crippen molar-refractivity contribution in [1.82, 2.24) is 9.97 Å². The van der Waals surface area contributed by atoms with Crippen LogP contribution in [0.15, 0.2) is 41.1 Å². The van der Waals surface area contributed by atoms with Crippen LogP contribution in [-0.2, 0) is 0 Å². The van der Waals surface area contributed by atoms with Crippen LogP contribution in [0.3, 0.4) is 0 Å². The lowest BCUT2D eigenvalue weighted by Gasteiger charge is -2.05. The lowest BCUT2D eigenvalue weighted by molar-refractivity contribution is 0.460. The van der Waals surface area contributed by atoms with Crippen LogP contribution in [0.4, 0.5) is 0 Å². The van der Waals surface area contributed by atoms with Crippen LogP contribution in [0.1, 0.15) is 5.69 Å². The van der Waals surface area contributed by atoms with Crippen LogP contribution in [0.2, 0.25) is 0 Å². The lowest BCUT2D eigenvalue weighted by atomic mass is 10.3. The number of hydrogen-bond acceptors (Lipinski definition) is 4. The van der Waals surface area contributed by atoms with E-state index in [-0.39, 0.29) is 4.99 Å². The van der Waals surface area contributed by atoms with Crippen LogP contribution >= 0.6 is 28.1 Å². The van der Waals surface area contributed by atoms with Crippen LogP contribution < -0.4 is 10.5 Å². The summed E-state index contributed by atoms with van der Waals surface area (Å²) in [6, 6.07) is 7.03. The first-order valence-corrected chi connectivity index (χ1v) is 5.90. The van der Waals surface area contributed by atoms with Gasteiger partial charge in [-0.05, 0) is 28.1 Å². The highest BCUT2D eigenvalue weighted by Gasteiger charge is 2.03. The van der Waals surface area contributed by atoms with Crippen LogP contribution in [0, 0.1) is 0 Å². The highest BCUT2D eigenvalue weighted by molar-refractivity contribution is 9.10. The number of pyridine rings is 2. The third kappa shape index (κ3) is 3.21. The number of nitrogens with zero attached hydrogens (tertiary/aromatic N) is 2. The molecule has 0 radical (unpaired) electrons. The number of thiocarbonyl (C=S) groups is 1. The van der Waals surface area contributed by atoms with Crippen molar-refractivity contribution in [2.75, 3.05) is 0 Å². The number of nitrogens with two attached hydrogens (primary N) is 1.